The van der Waals surface area contributed by atoms with Gasteiger partial charge in [0.2, 0.25) is 0 Å². The summed E-state index contributed by atoms with van der Waals surface area (Å²) in [5.74, 6) is 0.876. The normalized spacial score (nSPS) is 10.6. The van der Waals surface area contributed by atoms with Crippen LogP contribution in [0, 0.1) is 0 Å². The first-order chi connectivity index (χ1) is 8.81. The van der Waals surface area contributed by atoms with Gasteiger partial charge < -0.3 is 4.74 Å². The molecular formula is C14H19N3O. The number of nitrogens with zero attached hydrogens (tertiary/aromatic N) is 3. The van der Waals surface area contributed by atoms with Gasteiger partial charge in [0.05, 0.1) is 19.3 Å². The Kier molecular flexibility index (Phi) is 4.34. The van der Waals surface area contributed by atoms with Gasteiger partial charge in [0.15, 0.2) is 0 Å². The summed E-state index contributed by atoms with van der Waals surface area (Å²) in [6.45, 7) is 2.94. The molecule has 2 aromatic rings. The van der Waals surface area contributed by atoms with Crippen molar-refractivity contribution in [3.8, 4) is 5.75 Å². The van der Waals surface area contributed by atoms with Crippen LogP contribution in [0.15, 0.2) is 30.5 Å². The molecule has 1 heterocycles. The van der Waals surface area contributed by atoms with E-state index in [-0.39, 0.29) is 0 Å². The Morgan fingerprint density at radius 2 is 2.00 bits per heavy atom. The molecule has 0 saturated heterocycles. The molecule has 4 nitrogen and oxygen atoms in total. The van der Waals surface area contributed by atoms with Crippen molar-refractivity contribution < 1.29 is 4.74 Å². The number of ether oxygens (including phenoxy) is 1. The molecule has 18 heavy (non-hydrogen) atoms. The number of unbranched alkanes of at least 4 members (excludes halogenated alkanes) is 1. The van der Waals surface area contributed by atoms with E-state index in [1.165, 1.54) is 18.4 Å². The van der Waals surface area contributed by atoms with Crippen LogP contribution in [0.25, 0.3) is 0 Å². The van der Waals surface area contributed by atoms with Gasteiger partial charge in [0.1, 0.15) is 5.75 Å². The summed E-state index contributed by atoms with van der Waals surface area (Å²) < 4.78 is 7.01. The highest BCUT2D eigenvalue weighted by Gasteiger charge is 2.01. The highest BCUT2D eigenvalue weighted by atomic mass is 16.5. The summed E-state index contributed by atoms with van der Waals surface area (Å²) in [4.78, 5) is 0. The first-order valence-electron chi connectivity index (χ1n) is 6.33. The smallest absolute Gasteiger partial charge is 0.118 e. The number of rotatable bonds is 6. The van der Waals surface area contributed by atoms with E-state index in [4.69, 9.17) is 4.74 Å². The molecule has 0 aliphatic heterocycles. The van der Waals surface area contributed by atoms with E-state index >= 15 is 0 Å². The number of hydrogen-bond acceptors (Lipinski definition) is 3. The molecule has 0 saturated carbocycles. The van der Waals surface area contributed by atoms with Gasteiger partial charge in [-0.1, -0.05) is 30.7 Å². The maximum absolute atomic E-state index is 5.13. The predicted octanol–water partition coefficient (Wildman–Crippen LogP) is 2.68. The lowest BCUT2D eigenvalue weighted by atomic mass is 10.2. The second kappa shape index (κ2) is 6.19. The van der Waals surface area contributed by atoms with Gasteiger partial charge in [-0.05, 0) is 30.5 Å². The Bertz CT molecular complexity index is 476. The zero-order chi connectivity index (χ0) is 12.8. The van der Waals surface area contributed by atoms with Crippen LogP contribution in [-0.2, 0) is 13.0 Å². The lowest BCUT2D eigenvalue weighted by molar-refractivity contribution is 0.414. The molecule has 0 radical (unpaired) electrons. The molecule has 0 fully saturated rings. The van der Waals surface area contributed by atoms with Crippen molar-refractivity contribution in [2.45, 2.75) is 32.7 Å². The monoisotopic (exact) mass is 245 g/mol. The minimum Gasteiger partial charge on any atom is -0.497 e. The summed E-state index contributed by atoms with van der Waals surface area (Å²) in [5, 5.41) is 8.31. The SMILES string of the molecule is CCCCc1cn(Cc2ccc(OC)cc2)nn1. The van der Waals surface area contributed by atoms with Crippen LogP contribution in [0.1, 0.15) is 31.0 Å². The Morgan fingerprint density at radius 3 is 2.67 bits per heavy atom. The number of methoxy groups -OCH3 is 1. The molecule has 1 aromatic heterocycles. The van der Waals surface area contributed by atoms with Crippen molar-refractivity contribution >= 4 is 0 Å². The van der Waals surface area contributed by atoms with Crippen LogP contribution >= 0.6 is 0 Å². The molecule has 0 amide bonds. The maximum Gasteiger partial charge on any atom is 0.118 e. The average molecular weight is 245 g/mol. The average Bonchev–Trinajstić information content (AvgIpc) is 2.85. The largest absolute Gasteiger partial charge is 0.497 e. The quantitative estimate of drug-likeness (QED) is 0.785. The van der Waals surface area contributed by atoms with E-state index < -0.39 is 0 Å². The number of benzene rings is 1. The molecule has 0 unspecified atom stereocenters. The van der Waals surface area contributed by atoms with Crippen molar-refractivity contribution in [1.82, 2.24) is 15.0 Å². The third-order valence-corrected chi connectivity index (χ3v) is 2.88. The third-order valence-electron chi connectivity index (χ3n) is 2.88. The molecule has 0 atom stereocenters. The minimum absolute atomic E-state index is 0.753. The fourth-order valence-corrected chi connectivity index (χ4v) is 1.81. The van der Waals surface area contributed by atoms with Gasteiger partial charge in [0, 0.05) is 6.20 Å². The van der Waals surface area contributed by atoms with Crippen molar-refractivity contribution in [3.05, 3.63) is 41.7 Å². The van der Waals surface area contributed by atoms with Crippen LogP contribution < -0.4 is 4.74 Å². The van der Waals surface area contributed by atoms with Crippen LogP contribution in [-0.4, -0.2) is 22.1 Å². The van der Waals surface area contributed by atoms with Crippen molar-refractivity contribution in [1.29, 1.82) is 0 Å². The fourth-order valence-electron chi connectivity index (χ4n) is 1.81. The molecular weight excluding hydrogens is 226 g/mol. The number of aryl methyl sites for hydroxylation is 1. The highest BCUT2D eigenvalue weighted by molar-refractivity contribution is 5.27. The summed E-state index contributed by atoms with van der Waals surface area (Å²) >= 11 is 0. The van der Waals surface area contributed by atoms with Gasteiger partial charge in [-0.15, -0.1) is 5.10 Å². The topological polar surface area (TPSA) is 39.9 Å². The molecule has 0 bridgehead atoms. The molecule has 0 N–H and O–H groups in total. The van der Waals surface area contributed by atoms with E-state index in [2.05, 4.69) is 17.2 Å². The van der Waals surface area contributed by atoms with Gasteiger partial charge in [-0.3, -0.25) is 0 Å². The minimum atomic E-state index is 0.753. The Morgan fingerprint density at radius 1 is 1.22 bits per heavy atom. The first kappa shape index (κ1) is 12.6. The Balaban J connectivity index is 1.97. The highest BCUT2D eigenvalue weighted by Crippen LogP contribution is 2.12. The lowest BCUT2D eigenvalue weighted by Crippen LogP contribution is -2.00. The number of hydrogen-bond donors (Lipinski definition) is 0. The molecule has 96 valence electrons. The summed E-state index contributed by atoms with van der Waals surface area (Å²) in [6.07, 6.45) is 5.39. The Labute approximate surface area is 108 Å². The van der Waals surface area contributed by atoms with Gasteiger partial charge in [0.25, 0.3) is 0 Å². The summed E-state index contributed by atoms with van der Waals surface area (Å²) in [6, 6.07) is 8.02. The van der Waals surface area contributed by atoms with Crippen LogP contribution in [0.4, 0.5) is 0 Å². The van der Waals surface area contributed by atoms with Crippen LogP contribution in [0.2, 0.25) is 0 Å². The van der Waals surface area contributed by atoms with E-state index in [9.17, 15) is 0 Å². The van der Waals surface area contributed by atoms with Crippen LogP contribution in [0.5, 0.6) is 5.75 Å². The molecule has 0 aliphatic carbocycles. The maximum atomic E-state index is 5.13. The zero-order valence-corrected chi connectivity index (χ0v) is 11.0. The Hall–Kier alpha value is -1.84. The van der Waals surface area contributed by atoms with Crippen LogP contribution in [0.3, 0.4) is 0 Å². The van der Waals surface area contributed by atoms with Gasteiger partial charge >= 0.3 is 0 Å². The molecule has 0 spiro atoms. The molecule has 0 aliphatic rings. The molecule has 4 heteroatoms. The van der Waals surface area contributed by atoms with Gasteiger partial charge in [-0.25, -0.2) is 4.68 Å². The van der Waals surface area contributed by atoms with Crippen molar-refractivity contribution in [2.75, 3.05) is 7.11 Å². The van der Waals surface area contributed by atoms with Crippen molar-refractivity contribution in [3.63, 3.8) is 0 Å². The second-order valence-corrected chi connectivity index (χ2v) is 4.36. The standard InChI is InChI=1S/C14H19N3O/c1-3-4-5-13-11-17(16-15-13)10-12-6-8-14(18-2)9-7-12/h6-9,11H,3-5,10H2,1-2H3. The van der Waals surface area contributed by atoms with E-state index in [1.807, 2.05) is 35.1 Å². The lowest BCUT2D eigenvalue weighted by Gasteiger charge is -2.02. The summed E-state index contributed by atoms with van der Waals surface area (Å²) in [5.41, 5.74) is 2.27. The van der Waals surface area contributed by atoms with Gasteiger partial charge in [-0.2, -0.15) is 0 Å². The molecule has 2 rings (SSSR count). The number of aromatic nitrogens is 3. The van der Waals surface area contributed by atoms with E-state index in [0.717, 1.165) is 24.4 Å². The molecule has 1 aromatic carbocycles. The van der Waals surface area contributed by atoms with Crippen molar-refractivity contribution in [2.24, 2.45) is 0 Å². The fraction of sp³-hybridized carbons (Fsp3) is 0.429. The second-order valence-electron chi connectivity index (χ2n) is 4.36. The van der Waals surface area contributed by atoms with E-state index in [1.54, 1.807) is 7.11 Å². The predicted molar refractivity (Wildman–Crippen MR) is 70.7 cm³/mol. The first-order valence-corrected chi connectivity index (χ1v) is 6.33. The van der Waals surface area contributed by atoms with E-state index in [0.29, 0.717) is 0 Å². The zero-order valence-electron chi connectivity index (χ0n) is 11.0. The summed E-state index contributed by atoms with van der Waals surface area (Å²) in [7, 11) is 1.67. The third kappa shape index (κ3) is 3.32.